The van der Waals surface area contributed by atoms with Gasteiger partial charge in [0.05, 0.1) is 16.7 Å². The number of amides is 1. The SMILES string of the molecule is O=C(c1ccccc1-c1nc(-c2ccc(C(F)(F)F)cc2)no1)N1CCN(Cc2ccc(OCC(F)(F)F)cc2)CC1. The average Bonchev–Trinajstić information content (AvgIpc) is 3.46. The zero-order valence-electron chi connectivity index (χ0n) is 22.0. The maximum absolute atomic E-state index is 13.5. The van der Waals surface area contributed by atoms with Crippen molar-refractivity contribution < 1.29 is 40.4 Å². The molecule has 0 N–H and O–H groups in total. The van der Waals surface area contributed by atoms with Gasteiger partial charge < -0.3 is 14.2 Å². The lowest BCUT2D eigenvalue weighted by atomic mass is 10.1. The summed E-state index contributed by atoms with van der Waals surface area (Å²) in [5.74, 6) is 0.0632. The molecular formula is C29H24F6N4O3. The highest BCUT2D eigenvalue weighted by molar-refractivity contribution is 6.00. The van der Waals surface area contributed by atoms with Crippen LogP contribution < -0.4 is 4.74 Å². The molecule has 0 spiro atoms. The van der Waals surface area contributed by atoms with Gasteiger partial charge in [0.15, 0.2) is 6.61 Å². The minimum atomic E-state index is -4.46. The predicted molar refractivity (Wildman–Crippen MR) is 139 cm³/mol. The molecule has 5 rings (SSSR count). The molecule has 1 aliphatic heterocycles. The summed E-state index contributed by atoms with van der Waals surface area (Å²) in [4.78, 5) is 21.6. The number of piperazine rings is 1. The molecule has 1 fully saturated rings. The first-order valence-electron chi connectivity index (χ1n) is 12.9. The van der Waals surface area contributed by atoms with E-state index in [9.17, 15) is 31.1 Å². The molecule has 0 unspecified atom stereocenters. The first-order chi connectivity index (χ1) is 20.0. The van der Waals surface area contributed by atoms with E-state index in [4.69, 9.17) is 9.26 Å². The van der Waals surface area contributed by atoms with E-state index in [1.54, 1.807) is 41.3 Å². The molecule has 13 heteroatoms. The van der Waals surface area contributed by atoms with Gasteiger partial charge in [-0.05, 0) is 42.0 Å². The lowest BCUT2D eigenvalue weighted by Gasteiger charge is -2.35. The van der Waals surface area contributed by atoms with Gasteiger partial charge in [-0.1, -0.05) is 41.6 Å². The Balaban J connectivity index is 1.20. The molecule has 1 aliphatic rings. The lowest BCUT2D eigenvalue weighted by Crippen LogP contribution is -2.48. The molecular weight excluding hydrogens is 566 g/mol. The largest absolute Gasteiger partial charge is 0.484 e. The van der Waals surface area contributed by atoms with Crippen LogP contribution in [0.1, 0.15) is 21.5 Å². The molecule has 0 aliphatic carbocycles. The third-order valence-electron chi connectivity index (χ3n) is 6.68. The van der Waals surface area contributed by atoms with E-state index in [1.165, 1.54) is 24.3 Å². The Kier molecular flexibility index (Phi) is 8.21. The number of hydrogen-bond acceptors (Lipinski definition) is 6. The molecule has 42 heavy (non-hydrogen) atoms. The molecule has 1 saturated heterocycles. The Hall–Kier alpha value is -4.39. The van der Waals surface area contributed by atoms with Gasteiger partial charge >= 0.3 is 12.4 Å². The van der Waals surface area contributed by atoms with E-state index < -0.39 is 24.5 Å². The van der Waals surface area contributed by atoms with Crippen molar-refractivity contribution >= 4 is 5.91 Å². The second-order valence-corrected chi connectivity index (χ2v) is 9.66. The van der Waals surface area contributed by atoms with Gasteiger partial charge in [-0.15, -0.1) is 0 Å². The molecule has 7 nitrogen and oxygen atoms in total. The van der Waals surface area contributed by atoms with Gasteiger partial charge in [0.25, 0.3) is 11.8 Å². The van der Waals surface area contributed by atoms with Crippen LogP contribution in [0.5, 0.6) is 5.75 Å². The van der Waals surface area contributed by atoms with Crippen molar-refractivity contribution in [3.8, 4) is 28.6 Å². The third-order valence-corrected chi connectivity index (χ3v) is 6.68. The van der Waals surface area contributed by atoms with Crippen LogP contribution in [-0.4, -0.2) is 64.8 Å². The van der Waals surface area contributed by atoms with Crippen LogP contribution in [0.25, 0.3) is 22.8 Å². The Morgan fingerprint density at radius 1 is 0.857 bits per heavy atom. The molecule has 220 valence electrons. The van der Waals surface area contributed by atoms with Crippen molar-refractivity contribution in [1.82, 2.24) is 19.9 Å². The standard InChI is InChI=1S/C29H24F6N4O3/c30-28(31,32)18-41-22-11-5-19(6-12-22)17-38-13-15-39(16-14-38)27(40)24-4-2-1-3-23(24)26-36-25(37-42-26)20-7-9-21(10-8-20)29(33,34)35/h1-12H,13-18H2. The predicted octanol–water partition coefficient (Wildman–Crippen LogP) is 6.32. The van der Waals surface area contributed by atoms with Crippen LogP contribution in [0, 0.1) is 0 Å². The number of carbonyl (C=O) groups is 1. The monoisotopic (exact) mass is 590 g/mol. The molecule has 2 heterocycles. The Labute approximate surface area is 236 Å². The van der Waals surface area contributed by atoms with Crippen molar-refractivity contribution in [3.05, 3.63) is 89.5 Å². The van der Waals surface area contributed by atoms with Gasteiger partial charge in [0.1, 0.15) is 5.75 Å². The van der Waals surface area contributed by atoms with Gasteiger partial charge in [-0.2, -0.15) is 31.3 Å². The molecule has 0 radical (unpaired) electrons. The van der Waals surface area contributed by atoms with Gasteiger partial charge in [-0.3, -0.25) is 9.69 Å². The van der Waals surface area contributed by atoms with Crippen LogP contribution in [-0.2, 0) is 12.7 Å². The van der Waals surface area contributed by atoms with Crippen LogP contribution in [0.15, 0.2) is 77.3 Å². The highest BCUT2D eigenvalue weighted by Gasteiger charge is 2.31. The summed E-state index contributed by atoms with van der Waals surface area (Å²) in [6, 6.07) is 17.5. The Morgan fingerprint density at radius 2 is 1.52 bits per heavy atom. The summed E-state index contributed by atoms with van der Waals surface area (Å²) in [7, 11) is 0. The molecule has 0 saturated carbocycles. The van der Waals surface area contributed by atoms with Crippen LogP contribution in [0.2, 0.25) is 0 Å². The van der Waals surface area contributed by atoms with Crippen LogP contribution in [0.4, 0.5) is 26.3 Å². The summed E-state index contributed by atoms with van der Waals surface area (Å²) in [6.45, 7) is 1.27. The number of benzene rings is 3. The molecule has 1 aromatic heterocycles. The van der Waals surface area contributed by atoms with E-state index in [-0.39, 0.29) is 23.4 Å². The second-order valence-electron chi connectivity index (χ2n) is 9.66. The van der Waals surface area contributed by atoms with Crippen molar-refractivity contribution in [1.29, 1.82) is 0 Å². The molecule has 4 aromatic rings. The van der Waals surface area contributed by atoms with E-state index >= 15 is 0 Å². The van der Waals surface area contributed by atoms with Crippen molar-refractivity contribution in [2.75, 3.05) is 32.8 Å². The number of rotatable bonds is 7. The minimum absolute atomic E-state index is 0.0649. The number of nitrogens with zero attached hydrogens (tertiary/aromatic N) is 4. The summed E-state index contributed by atoms with van der Waals surface area (Å²) in [6.07, 6.45) is -8.87. The fourth-order valence-corrected chi connectivity index (χ4v) is 4.51. The smallest absolute Gasteiger partial charge is 0.422 e. The third kappa shape index (κ3) is 7.08. The number of halogens is 6. The number of ether oxygens (including phenoxy) is 1. The van der Waals surface area contributed by atoms with E-state index in [2.05, 4.69) is 15.0 Å². The summed E-state index contributed by atoms with van der Waals surface area (Å²) in [5, 5.41) is 3.89. The van der Waals surface area contributed by atoms with Crippen LogP contribution in [0.3, 0.4) is 0 Å². The molecule has 0 bridgehead atoms. The molecule has 1 amide bonds. The first kappa shape index (κ1) is 29.1. The summed E-state index contributed by atoms with van der Waals surface area (Å²) >= 11 is 0. The summed E-state index contributed by atoms with van der Waals surface area (Å²) < 4.78 is 85.8. The summed E-state index contributed by atoms with van der Waals surface area (Å²) in [5.41, 5.74) is 1.20. The lowest BCUT2D eigenvalue weighted by molar-refractivity contribution is -0.153. The van der Waals surface area contributed by atoms with E-state index in [0.29, 0.717) is 49.4 Å². The number of hydrogen-bond donors (Lipinski definition) is 0. The fourth-order valence-electron chi connectivity index (χ4n) is 4.51. The van der Waals surface area contributed by atoms with Crippen molar-refractivity contribution in [3.63, 3.8) is 0 Å². The van der Waals surface area contributed by atoms with Crippen molar-refractivity contribution in [2.45, 2.75) is 18.9 Å². The zero-order valence-corrected chi connectivity index (χ0v) is 22.0. The van der Waals surface area contributed by atoms with Gasteiger partial charge in [0, 0.05) is 38.3 Å². The highest BCUT2D eigenvalue weighted by Crippen LogP contribution is 2.31. The maximum atomic E-state index is 13.5. The zero-order chi connectivity index (χ0) is 29.9. The first-order valence-corrected chi connectivity index (χ1v) is 12.9. The van der Waals surface area contributed by atoms with Gasteiger partial charge in [-0.25, -0.2) is 0 Å². The quantitative estimate of drug-likeness (QED) is 0.235. The normalized spacial score (nSPS) is 14.7. The van der Waals surface area contributed by atoms with Crippen LogP contribution >= 0.6 is 0 Å². The van der Waals surface area contributed by atoms with Gasteiger partial charge in [0.2, 0.25) is 5.82 Å². The maximum Gasteiger partial charge on any atom is 0.422 e. The van der Waals surface area contributed by atoms with E-state index in [1.807, 2.05) is 0 Å². The number of carbonyl (C=O) groups excluding carboxylic acids is 1. The Bertz CT molecular complexity index is 1510. The van der Waals surface area contributed by atoms with Crippen molar-refractivity contribution in [2.24, 2.45) is 0 Å². The second kappa shape index (κ2) is 11.8. The highest BCUT2D eigenvalue weighted by atomic mass is 19.4. The van der Waals surface area contributed by atoms with E-state index in [0.717, 1.165) is 17.7 Å². The molecule has 3 aromatic carbocycles. The Morgan fingerprint density at radius 3 is 2.17 bits per heavy atom. The minimum Gasteiger partial charge on any atom is -0.484 e. The number of alkyl halides is 6. The topological polar surface area (TPSA) is 71.7 Å². The number of aromatic nitrogens is 2. The fraction of sp³-hybridized carbons (Fsp3) is 0.276. The average molecular weight is 591 g/mol. The molecule has 0 atom stereocenters.